The van der Waals surface area contributed by atoms with E-state index in [4.69, 9.17) is 0 Å². The van der Waals surface area contributed by atoms with Crippen LogP contribution in [0.15, 0.2) is 18.2 Å². The van der Waals surface area contributed by atoms with Gasteiger partial charge in [-0.25, -0.2) is 9.18 Å². The van der Waals surface area contributed by atoms with E-state index in [-0.39, 0.29) is 11.8 Å². The summed E-state index contributed by atoms with van der Waals surface area (Å²) in [6.07, 6.45) is 2.32. The fourth-order valence-corrected chi connectivity index (χ4v) is 2.93. The topological polar surface area (TPSA) is 55.8 Å². The third kappa shape index (κ3) is 3.10. The minimum absolute atomic E-state index is 0.292. The van der Waals surface area contributed by atoms with Gasteiger partial charge in [0.15, 0.2) is 0 Å². The number of halogens is 1. The Morgan fingerprint density at radius 2 is 2.05 bits per heavy atom. The maximum absolute atomic E-state index is 14.1. The van der Waals surface area contributed by atoms with Crippen LogP contribution in [0, 0.1) is 5.82 Å². The molecule has 2 aliphatic heterocycles. The highest BCUT2D eigenvalue weighted by Crippen LogP contribution is 2.26. The number of urea groups is 1. The van der Waals surface area contributed by atoms with E-state index in [9.17, 15) is 14.3 Å². The maximum atomic E-state index is 14.1. The third-order valence-electron chi connectivity index (χ3n) is 4.10. The predicted octanol–water partition coefficient (Wildman–Crippen LogP) is 2.02. The van der Waals surface area contributed by atoms with E-state index < -0.39 is 6.10 Å². The molecule has 6 heteroatoms. The van der Waals surface area contributed by atoms with Crippen molar-refractivity contribution in [3.63, 3.8) is 0 Å². The summed E-state index contributed by atoms with van der Waals surface area (Å²) in [4.78, 5) is 15.5. The molecule has 1 aromatic carbocycles. The molecule has 0 spiro atoms. The highest BCUT2D eigenvalue weighted by molar-refractivity contribution is 5.89. The molecule has 2 N–H and O–H groups in total. The number of nitrogens with zero attached hydrogens (tertiary/aromatic N) is 2. The minimum atomic E-state index is -0.454. The summed E-state index contributed by atoms with van der Waals surface area (Å²) >= 11 is 0. The zero-order valence-corrected chi connectivity index (χ0v) is 11.9. The molecular formula is C15H20FN3O2. The first-order chi connectivity index (χ1) is 10.1. The van der Waals surface area contributed by atoms with E-state index >= 15 is 0 Å². The Balaban J connectivity index is 1.66. The van der Waals surface area contributed by atoms with E-state index in [0.29, 0.717) is 30.9 Å². The molecule has 1 aromatic rings. The predicted molar refractivity (Wildman–Crippen MR) is 79.1 cm³/mol. The van der Waals surface area contributed by atoms with Crippen molar-refractivity contribution in [3.05, 3.63) is 24.0 Å². The summed E-state index contributed by atoms with van der Waals surface area (Å²) in [6.45, 7) is 2.63. The van der Waals surface area contributed by atoms with Crippen LogP contribution < -0.4 is 10.2 Å². The first-order valence-electron chi connectivity index (χ1n) is 7.42. The van der Waals surface area contributed by atoms with Crippen molar-refractivity contribution < 1.29 is 14.3 Å². The number of carbonyl (C=O) groups is 1. The van der Waals surface area contributed by atoms with E-state index in [2.05, 4.69) is 5.32 Å². The van der Waals surface area contributed by atoms with Crippen LogP contribution in [0.2, 0.25) is 0 Å². The van der Waals surface area contributed by atoms with E-state index in [0.717, 1.165) is 25.9 Å². The highest BCUT2D eigenvalue weighted by Gasteiger charge is 2.24. The monoisotopic (exact) mass is 293 g/mol. The molecule has 2 aliphatic rings. The minimum Gasteiger partial charge on any atom is -0.391 e. The molecule has 3 rings (SSSR count). The van der Waals surface area contributed by atoms with Gasteiger partial charge in [0.25, 0.3) is 0 Å². The van der Waals surface area contributed by atoms with Crippen LogP contribution in [-0.2, 0) is 0 Å². The largest absolute Gasteiger partial charge is 0.391 e. The van der Waals surface area contributed by atoms with Crippen LogP contribution in [0.3, 0.4) is 0 Å². The third-order valence-corrected chi connectivity index (χ3v) is 4.10. The van der Waals surface area contributed by atoms with Gasteiger partial charge in [-0.2, -0.15) is 0 Å². The van der Waals surface area contributed by atoms with Gasteiger partial charge in [-0.15, -0.1) is 0 Å². The Labute approximate surface area is 123 Å². The number of aliphatic hydroxyl groups excluding tert-OH is 1. The van der Waals surface area contributed by atoms with Crippen molar-refractivity contribution in [2.75, 3.05) is 36.4 Å². The number of hydrogen-bond acceptors (Lipinski definition) is 3. The fourth-order valence-electron chi connectivity index (χ4n) is 2.93. The molecule has 2 saturated heterocycles. The van der Waals surface area contributed by atoms with Crippen LogP contribution >= 0.6 is 0 Å². The number of anilines is 2. The van der Waals surface area contributed by atoms with Crippen molar-refractivity contribution in [1.29, 1.82) is 0 Å². The number of amides is 2. The normalized spacial score (nSPS) is 21.9. The average Bonchev–Trinajstić information content (AvgIpc) is 3.10. The number of hydrogen-bond donors (Lipinski definition) is 2. The lowest BCUT2D eigenvalue weighted by Crippen LogP contribution is -2.33. The number of nitrogens with one attached hydrogen (secondary N) is 1. The summed E-state index contributed by atoms with van der Waals surface area (Å²) in [5.41, 5.74) is 1.05. The maximum Gasteiger partial charge on any atom is 0.321 e. The van der Waals surface area contributed by atoms with Gasteiger partial charge in [0.2, 0.25) is 0 Å². The second-order valence-electron chi connectivity index (χ2n) is 5.68. The number of likely N-dealkylation sites (tertiary alicyclic amines) is 1. The molecule has 2 amide bonds. The van der Waals surface area contributed by atoms with Crippen molar-refractivity contribution in [1.82, 2.24) is 4.90 Å². The zero-order valence-electron chi connectivity index (χ0n) is 11.9. The van der Waals surface area contributed by atoms with Crippen LogP contribution in [0.1, 0.15) is 19.3 Å². The summed E-state index contributed by atoms with van der Waals surface area (Å²) < 4.78 is 14.1. The fraction of sp³-hybridized carbons (Fsp3) is 0.533. The molecule has 1 atom stereocenters. The van der Waals surface area contributed by atoms with Crippen LogP contribution in [0.25, 0.3) is 0 Å². The van der Waals surface area contributed by atoms with Gasteiger partial charge in [-0.05, 0) is 37.5 Å². The number of aliphatic hydroxyl groups is 1. The van der Waals surface area contributed by atoms with Gasteiger partial charge in [0.05, 0.1) is 11.8 Å². The molecule has 0 unspecified atom stereocenters. The molecule has 0 radical (unpaired) electrons. The van der Waals surface area contributed by atoms with Crippen molar-refractivity contribution in [3.8, 4) is 0 Å². The van der Waals surface area contributed by atoms with Gasteiger partial charge >= 0.3 is 6.03 Å². The number of β-amino-alcohol motifs (C(OH)–C–C–N with tert-alkyl or cyclic N) is 1. The molecule has 0 aromatic heterocycles. The second kappa shape index (κ2) is 5.89. The van der Waals surface area contributed by atoms with E-state index in [1.165, 1.54) is 11.0 Å². The summed E-state index contributed by atoms with van der Waals surface area (Å²) in [5.74, 6) is -0.309. The van der Waals surface area contributed by atoms with Gasteiger partial charge in [-0.3, -0.25) is 0 Å². The molecule has 21 heavy (non-hydrogen) atoms. The van der Waals surface area contributed by atoms with Crippen LogP contribution in [0.5, 0.6) is 0 Å². The molecule has 114 valence electrons. The van der Waals surface area contributed by atoms with Crippen LogP contribution in [0.4, 0.5) is 20.6 Å². The Morgan fingerprint density at radius 3 is 2.67 bits per heavy atom. The van der Waals surface area contributed by atoms with E-state index in [1.54, 1.807) is 12.1 Å². The van der Waals surface area contributed by atoms with Crippen molar-refractivity contribution >= 4 is 17.4 Å². The van der Waals surface area contributed by atoms with Gasteiger partial charge in [0.1, 0.15) is 5.82 Å². The summed E-state index contributed by atoms with van der Waals surface area (Å²) in [6, 6.07) is 4.51. The Hall–Kier alpha value is -1.82. The summed E-state index contributed by atoms with van der Waals surface area (Å²) in [5, 5.41) is 12.1. The van der Waals surface area contributed by atoms with Gasteiger partial charge in [0, 0.05) is 31.9 Å². The molecule has 2 heterocycles. The standard InChI is InChI=1S/C15H20FN3O2/c16-13-9-11(3-4-14(13)18-6-1-2-7-18)17-15(21)19-8-5-12(20)10-19/h3-4,9,12,20H,1-2,5-8,10H2,(H,17,21)/t12-/m1/s1. The Kier molecular flexibility index (Phi) is 3.96. The lowest BCUT2D eigenvalue weighted by Gasteiger charge is -2.20. The average molecular weight is 293 g/mol. The molecule has 5 nitrogen and oxygen atoms in total. The Bertz CT molecular complexity index is 532. The van der Waals surface area contributed by atoms with E-state index in [1.807, 2.05) is 4.90 Å². The van der Waals surface area contributed by atoms with Gasteiger partial charge in [-0.1, -0.05) is 0 Å². The summed E-state index contributed by atoms with van der Waals surface area (Å²) in [7, 11) is 0. The van der Waals surface area contributed by atoms with Crippen molar-refractivity contribution in [2.24, 2.45) is 0 Å². The highest BCUT2D eigenvalue weighted by atomic mass is 19.1. The van der Waals surface area contributed by atoms with Crippen molar-refractivity contribution in [2.45, 2.75) is 25.4 Å². The first kappa shape index (κ1) is 14.1. The van der Waals surface area contributed by atoms with Gasteiger partial charge < -0.3 is 20.2 Å². The Morgan fingerprint density at radius 1 is 1.29 bits per heavy atom. The lowest BCUT2D eigenvalue weighted by atomic mass is 10.2. The zero-order chi connectivity index (χ0) is 14.8. The SMILES string of the molecule is O=C(Nc1ccc(N2CCCC2)c(F)c1)N1CC[C@@H](O)C1. The molecule has 0 bridgehead atoms. The number of rotatable bonds is 2. The molecule has 2 fully saturated rings. The molecular weight excluding hydrogens is 273 g/mol. The number of benzene rings is 1. The molecule has 0 saturated carbocycles. The smallest absolute Gasteiger partial charge is 0.321 e. The quantitative estimate of drug-likeness (QED) is 0.877. The second-order valence-corrected chi connectivity index (χ2v) is 5.68. The van der Waals surface area contributed by atoms with Crippen LogP contribution in [-0.4, -0.2) is 48.3 Å². The number of carbonyl (C=O) groups excluding carboxylic acids is 1. The molecule has 0 aliphatic carbocycles. The lowest BCUT2D eigenvalue weighted by molar-refractivity contribution is 0.176. The first-order valence-corrected chi connectivity index (χ1v) is 7.42.